The number of para-hydroxylation sites is 1. The van der Waals surface area contributed by atoms with E-state index in [1.54, 1.807) is 21.0 Å². The number of phosphoric acid groups is 1. The molecule has 0 amide bonds. The molecule has 0 radical (unpaired) electrons. The van der Waals surface area contributed by atoms with Gasteiger partial charge < -0.3 is 9.26 Å². The standard InChI is InChI=1S/C23H29O5P/c1-4-26-29(24,27-5-2)28-22-17-11-15-20(19-14-9-10-16-21(19)25-3)23(22)18-12-7-6-8-13-18/h6-10,12-14,16,20H,4-5,11,15,17H2,1-3H3. The molecule has 6 heteroatoms. The zero-order valence-corrected chi connectivity index (χ0v) is 18.2. The first-order chi connectivity index (χ1) is 14.1. The number of rotatable bonds is 9. The van der Waals surface area contributed by atoms with Crippen LogP contribution in [0.15, 0.2) is 60.4 Å². The van der Waals surface area contributed by atoms with Gasteiger partial charge in [-0.2, -0.15) is 0 Å². The smallest absolute Gasteiger partial charge is 0.496 e. The molecular formula is C23H29O5P. The second-order valence-corrected chi connectivity index (χ2v) is 8.36. The Balaban J connectivity index is 2.12. The Hall–Kier alpha value is -2.07. The minimum absolute atomic E-state index is 0.0639. The van der Waals surface area contributed by atoms with Gasteiger partial charge in [0.2, 0.25) is 0 Å². The normalized spacial score (nSPS) is 17.3. The molecule has 1 aliphatic carbocycles. The van der Waals surface area contributed by atoms with Gasteiger partial charge in [0.25, 0.3) is 0 Å². The van der Waals surface area contributed by atoms with Crippen LogP contribution in [-0.2, 0) is 18.1 Å². The summed E-state index contributed by atoms with van der Waals surface area (Å²) in [5.41, 5.74) is 3.15. The van der Waals surface area contributed by atoms with Crippen LogP contribution in [0.1, 0.15) is 50.2 Å². The molecule has 0 N–H and O–H groups in total. The van der Waals surface area contributed by atoms with Gasteiger partial charge in [-0.1, -0.05) is 48.5 Å². The monoisotopic (exact) mass is 416 g/mol. The number of allylic oxidation sites excluding steroid dienone is 2. The highest BCUT2D eigenvalue weighted by atomic mass is 31.2. The molecule has 2 aromatic rings. The lowest BCUT2D eigenvalue weighted by Gasteiger charge is -2.31. The Kier molecular flexibility index (Phi) is 7.54. The van der Waals surface area contributed by atoms with Gasteiger partial charge in [-0.05, 0) is 38.3 Å². The highest BCUT2D eigenvalue weighted by Crippen LogP contribution is 2.55. The van der Waals surface area contributed by atoms with Crippen molar-refractivity contribution in [3.8, 4) is 5.75 Å². The summed E-state index contributed by atoms with van der Waals surface area (Å²) in [4.78, 5) is 0. The van der Waals surface area contributed by atoms with Crippen molar-refractivity contribution in [2.24, 2.45) is 0 Å². The molecule has 2 aromatic carbocycles. The first-order valence-electron chi connectivity index (χ1n) is 10.1. The summed E-state index contributed by atoms with van der Waals surface area (Å²) in [5, 5.41) is 0. The summed E-state index contributed by atoms with van der Waals surface area (Å²) in [6.07, 6.45) is 2.54. The molecule has 0 fully saturated rings. The maximum Gasteiger partial charge on any atom is 0.529 e. The van der Waals surface area contributed by atoms with E-state index in [2.05, 4.69) is 18.2 Å². The molecule has 0 saturated heterocycles. The van der Waals surface area contributed by atoms with Gasteiger partial charge in [0.1, 0.15) is 11.5 Å². The highest BCUT2D eigenvalue weighted by molar-refractivity contribution is 7.48. The van der Waals surface area contributed by atoms with Crippen molar-refractivity contribution in [3.63, 3.8) is 0 Å². The Bertz CT molecular complexity index is 868. The van der Waals surface area contributed by atoms with E-state index in [0.29, 0.717) is 12.2 Å². The van der Waals surface area contributed by atoms with E-state index >= 15 is 0 Å². The molecule has 1 atom stereocenters. The molecule has 0 aromatic heterocycles. The van der Waals surface area contributed by atoms with Crippen LogP contribution in [0.2, 0.25) is 0 Å². The zero-order chi connectivity index (χ0) is 20.7. The maximum absolute atomic E-state index is 13.1. The number of phosphoric ester groups is 1. The average Bonchev–Trinajstić information content (AvgIpc) is 2.74. The minimum atomic E-state index is -3.67. The van der Waals surface area contributed by atoms with E-state index in [9.17, 15) is 4.57 Å². The summed E-state index contributed by atoms with van der Waals surface area (Å²) in [5.74, 6) is 1.57. The second-order valence-electron chi connectivity index (χ2n) is 6.76. The first kappa shape index (κ1) is 21.6. The molecule has 0 saturated carbocycles. The largest absolute Gasteiger partial charge is 0.529 e. The van der Waals surface area contributed by atoms with Crippen molar-refractivity contribution in [3.05, 3.63) is 71.5 Å². The van der Waals surface area contributed by atoms with Crippen LogP contribution >= 0.6 is 7.82 Å². The third-order valence-electron chi connectivity index (χ3n) is 4.94. The molecule has 5 nitrogen and oxygen atoms in total. The molecule has 0 spiro atoms. The van der Waals surface area contributed by atoms with Crippen LogP contribution in [0.5, 0.6) is 5.75 Å². The second kappa shape index (κ2) is 10.1. The van der Waals surface area contributed by atoms with Crippen LogP contribution in [0, 0.1) is 0 Å². The summed E-state index contributed by atoms with van der Waals surface area (Å²) < 4.78 is 35.5. The molecule has 1 unspecified atom stereocenters. The van der Waals surface area contributed by atoms with Gasteiger partial charge in [-0.3, -0.25) is 9.05 Å². The van der Waals surface area contributed by atoms with Crippen LogP contribution in [0.25, 0.3) is 5.57 Å². The summed E-state index contributed by atoms with van der Waals surface area (Å²) in [6, 6.07) is 18.1. The fourth-order valence-corrected chi connectivity index (χ4v) is 5.09. The van der Waals surface area contributed by atoms with Gasteiger partial charge in [0.15, 0.2) is 0 Å². The molecular weight excluding hydrogens is 387 g/mol. The quantitative estimate of drug-likeness (QED) is 0.433. The SMILES string of the molecule is CCOP(=O)(OCC)OC1=C(c2ccccc2)C(c2ccccc2OC)CCC1. The van der Waals surface area contributed by atoms with Crippen LogP contribution in [0.3, 0.4) is 0 Å². The number of ether oxygens (including phenoxy) is 1. The van der Waals surface area contributed by atoms with Crippen molar-refractivity contribution >= 4 is 13.4 Å². The van der Waals surface area contributed by atoms with Gasteiger partial charge in [0, 0.05) is 23.5 Å². The van der Waals surface area contributed by atoms with Gasteiger partial charge >= 0.3 is 7.82 Å². The summed E-state index contributed by atoms with van der Waals surface area (Å²) >= 11 is 0. The molecule has 0 heterocycles. The lowest BCUT2D eigenvalue weighted by molar-refractivity contribution is 0.142. The Labute approximate surface area is 173 Å². The van der Waals surface area contributed by atoms with Gasteiger partial charge in [-0.15, -0.1) is 0 Å². The molecule has 1 aliphatic rings. The Morgan fingerprint density at radius 1 is 0.966 bits per heavy atom. The van der Waals surface area contributed by atoms with Crippen molar-refractivity contribution in [2.45, 2.75) is 39.0 Å². The van der Waals surface area contributed by atoms with E-state index in [4.69, 9.17) is 18.3 Å². The van der Waals surface area contributed by atoms with Crippen molar-refractivity contribution < 1.29 is 22.9 Å². The molecule has 156 valence electrons. The highest BCUT2D eigenvalue weighted by Gasteiger charge is 2.34. The fourth-order valence-electron chi connectivity index (χ4n) is 3.82. The zero-order valence-electron chi connectivity index (χ0n) is 17.3. The van der Waals surface area contributed by atoms with Crippen molar-refractivity contribution in [1.82, 2.24) is 0 Å². The van der Waals surface area contributed by atoms with Crippen molar-refractivity contribution in [1.29, 1.82) is 0 Å². The first-order valence-corrected chi connectivity index (χ1v) is 11.6. The number of methoxy groups -OCH3 is 1. The summed E-state index contributed by atoms with van der Waals surface area (Å²) in [7, 11) is -1.99. The van der Waals surface area contributed by atoms with E-state index in [0.717, 1.165) is 35.3 Å². The Morgan fingerprint density at radius 2 is 1.62 bits per heavy atom. The maximum atomic E-state index is 13.1. The molecule has 0 bridgehead atoms. The molecule has 0 aliphatic heterocycles. The minimum Gasteiger partial charge on any atom is -0.496 e. The van der Waals surface area contributed by atoms with E-state index < -0.39 is 7.82 Å². The van der Waals surface area contributed by atoms with E-state index in [-0.39, 0.29) is 19.1 Å². The number of hydrogen-bond donors (Lipinski definition) is 0. The van der Waals surface area contributed by atoms with Crippen LogP contribution in [0.4, 0.5) is 0 Å². The fraction of sp³-hybridized carbons (Fsp3) is 0.391. The van der Waals surface area contributed by atoms with Gasteiger partial charge in [0.05, 0.1) is 20.3 Å². The number of hydrogen-bond acceptors (Lipinski definition) is 5. The van der Waals surface area contributed by atoms with Gasteiger partial charge in [-0.25, -0.2) is 4.57 Å². The average molecular weight is 416 g/mol. The number of benzene rings is 2. The van der Waals surface area contributed by atoms with Crippen LogP contribution in [-0.4, -0.2) is 20.3 Å². The summed E-state index contributed by atoms with van der Waals surface area (Å²) in [6.45, 7) is 4.06. The third kappa shape index (κ3) is 5.11. The lowest BCUT2D eigenvalue weighted by atomic mass is 9.78. The topological polar surface area (TPSA) is 54.0 Å². The molecule has 3 rings (SSSR count). The third-order valence-corrected chi connectivity index (χ3v) is 6.53. The van der Waals surface area contributed by atoms with E-state index in [1.807, 2.05) is 36.4 Å². The predicted molar refractivity (Wildman–Crippen MR) is 115 cm³/mol. The predicted octanol–water partition coefficient (Wildman–Crippen LogP) is 6.57. The molecule has 29 heavy (non-hydrogen) atoms. The van der Waals surface area contributed by atoms with Crippen molar-refractivity contribution in [2.75, 3.05) is 20.3 Å². The lowest BCUT2D eigenvalue weighted by Crippen LogP contribution is -2.13. The van der Waals surface area contributed by atoms with Crippen LogP contribution < -0.4 is 4.74 Å². The van der Waals surface area contributed by atoms with E-state index in [1.165, 1.54) is 0 Å². The Morgan fingerprint density at radius 3 is 2.28 bits per heavy atom.